The van der Waals surface area contributed by atoms with Crippen molar-refractivity contribution in [2.24, 2.45) is 5.92 Å². The van der Waals surface area contributed by atoms with Crippen molar-refractivity contribution >= 4 is 0 Å². The summed E-state index contributed by atoms with van der Waals surface area (Å²) in [5.41, 5.74) is 0. The fourth-order valence-electron chi connectivity index (χ4n) is 1.64. The van der Waals surface area contributed by atoms with Crippen LogP contribution in [0.5, 0.6) is 0 Å². The molecule has 78 valence electrons. The van der Waals surface area contributed by atoms with Gasteiger partial charge >= 0.3 is 0 Å². The summed E-state index contributed by atoms with van der Waals surface area (Å²) in [6, 6.07) is 0.698. The predicted octanol–water partition coefficient (Wildman–Crippen LogP) is 3.37. The van der Waals surface area contributed by atoms with E-state index in [1.54, 1.807) is 0 Å². The molecular weight excluding hydrogens is 158 g/mol. The quantitative estimate of drug-likeness (QED) is 0.449. The summed E-state index contributed by atoms with van der Waals surface area (Å²) in [6.07, 6.45) is 8.49. The minimum Gasteiger partial charge on any atom is -0.317 e. The van der Waals surface area contributed by atoms with Gasteiger partial charge in [0.15, 0.2) is 0 Å². The molecule has 0 aromatic rings. The Bertz CT molecular complexity index is 118. The fourth-order valence-corrected chi connectivity index (χ4v) is 1.64. The minimum absolute atomic E-state index is 0.698. The molecule has 0 aliphatic heterocycles. The van der Waals surface area contributed by atoms with Crippen LogP contribution in [0.4, 0.5) is 0 Å². The van der Waals surface area contributed by atoms with Crippen LogP contribution in [0, 0.1) is 5.92 Å². The van der Waals surface area contributed by atoms with Crippen molar-refractivity contribution in [2.45, 2.75) is 52.0 Å². The number of hydrogen-bond acceptors (Lipinski definition) is 1. The zero-order valence-corrected chi connectivity index (χ0v) is 9.47. The van der Waals surface area contributed by atoms with Crippen LogP contribution in [0.1, 0.15) is 46.0 Å². The maximum Gasteiger partial charge on any atom is 0.00870 e. The van der Waals surface area contributed by atoms with Gasteiger partial charge < -0.3 is 5.32 Å². The topological polar surface area (TPSA) is 12.0 Å². The van der Waals surface area contributed by atoms with Crippen molar-refractivity contribution in [3.8, 4) is 0 Å². The summed E-state index contributed by atoms with van der Waals surface area (Å²) in [5, 5.41) is 3.37. The second kappa shape index (κ2) is 8.31. The van der Waals surface area contributed by atoms with Crippen molar-refractivity contribution in [3.05, 3.63) is 12.7 Å². The Morgan fingerprint density at radius 3 is 2.38 bits per heavy atom. The monoisotopic (exact) mass is 183 g/mol. The molecular formula is C12H25N. The summed E-state index contributed by atoms with van der Waals surface area (Å²) >= 11 is 0. The normalized spacial score (nSPS) is 13.2. The Labute approximate surface area is 83.6 Å². The van der Waals surface area contributed by atoms with Crippen LogP contribution in [0.15, 0.2) is 12.7 Å². The highest BCUT2D eigenvalue weighted by Gasteiger charge is 2.09. The molecule has 0 bridgehead atoms. The molecule has 0 aliphatic carbocycles. The summed E-state index contributed by atoms with van der Waals surface area (Å²) in [6.45, 7) is 8.29. The first-order valence-electron chi connectivity index (χ1n) is 5.50. The second-order valence-corrected chi connectivity index (χ2v) is 4.07. The van der Waals surface area contributed by atoms with Gasteiger partial charge in [-0.3, -0.25) is 0 Å². The fraction of sp³-hybridized carbons (Fsp3) is 0.833. The molecule has 13 heavy (non-hydrogen) atoms. The molecule has 1 atom stereocenters. The average Bonchev–Trinajstić information content (AvgIpc) is 2.10. The van der Waals surface area contributed by atoms with Crippen molar-refractivity contribution in [2.75, 3.05) is 7.05 Å². The third kappa shape index (κ3) is 6.83. The third-order valence-corrected chi connectivity index (χ3v) is 2.60. The van der Waals surface area contributed by atoms with Crippen LogP contribution < -0.4 is 5.32 Å². The summed E-state index contributed by atoms with van der Waals surface area (Å²) in [5.74, 6) is 0.754. The SMILES string of the molecule is C=CCCCCCC(NC)C(C)C. The minimum atomic E-state index is 0.698. The second-order valence-electron chi connectivity index (χ2n) is 4.07. The lowest BCUT2D eigenvalue weighted by molar-refractivity contribution is 0.388. The predicted molar refractivity (Wildman–Crippen MR) is 61.0 cm³/mol. The molecule has 1 nitrogen and oxygen atoms in total. The number of allylic oxidation sites excluding steroid dienone is 1. The van der Waals surface area contributed by atoms with Crippen LogP contribution in [-0.4, -0.2) is 13.1 Å². The smallest absolute Gasteiger partial charge is 0.00870 e. The van der Waals surface area contributed by atoms with Gasteiger partial charge in [0.2, 0.25) is 0 Å². The largest absolute Gasteiger partial charge is 0.317 e. The molecule has 0 radical (unpaired) electrons. The van der Waals surface area contributed by atoms with Crippen molar-refractivity contribution in [3.63, 3.8) is 0 Å². The van der Waals surface area contributed by atoms with Gasteiger partial charge in [-0.2, -0.15) is 0 Å². The maximum absolute atomic E-state index is 3.73. The number of nitrogens with one attached hydrogen (secondary N) is 1. The summed E-state index contributed by atoms with van der Waals surface area (Å²) < 4.78 is 0. The van der Waals surface area contributed by atoms with E-state index in [9.17, 15) is 0 Å². The first-order valence-corrected chi connectivity index (χ1v) is 5.50. The van der Waals surface area contributed by atoms with Crippen LogP contribution in [0.3, 0.4) is 0 Å². The number of rotatable bonds is 8. The summed E-state index contributed by atoms with van der Waals surface area (Å²) in [7, 11) is 2.06. The van der Waals surface area contributed by atoms with Crippen LogP contribution in [0.25, 0.3) is 0 Å². The lowest BCUT2D eigenvalue weighted by atomic mass is 9.98. The van der Waals surface area contributed by atoms with Gasteiger partial charge in [-0.25, -0.2) is 0 Å². The van der Waals surface area contributed by atoms with Gasteiger partial charge in [-0.05, 0) is 32.2 Å². The lowest BCUT2D eigenvalue weighted by Crippen LogP contribution is -2.30. The number of unbranched alkanes of at least 4 members (excludes halogenated alkanes) is 3. The molecule has 0 saturated heterocycles. The Kier molecular flexibility index (Phi) is 8.11. The lowest BCUT2D eigenvalue weighted by Gasteiger charge is -2.19. The highest BCUT2D eigenvalue weighted by molar-refractivity contribution is 4.69. The first kappa shape index (κ1) is 12.7. The Balaban J connectivity index is 3.33. The van der Waals surface area contributed by atoms with Gasteiger partial charge in [0.1, 0.15) is 0 Å². The Morgan fingerprint density at radius 2 is 1.92 bits per heavy atom. The van der Waals surface area contributed by atoms with Crippen LogP contribution in [0.2, 0.25) is 0 Å². The third-order valence-electron chi connectivity index (χ3n) is 2.60. The van der Waals surface area contributed by atoms with E-state index in [-0.39, 0.29) is 0 Å². The molecule has 0 spiro atoms. The molecule has 0 rings (SSSR count). The Hall–Kier alpha value is -0.300. The molecule has 0 amide bonds. The van der Waals surface area contributed by atoms with Crippen molar-refractivity contribution in [1.29, 1.82) is 0 Å². The molecule has 0 saturated carbocycles. The standard InChI is InChI=1S/C12H25N/c1-5-6-7-8-9-10-12(13-4)11(2)3/h5,11-13H,1,6-10H2,2-4H3. The molecule has 0 fully saturated rings. The van der Waals surface area contributed by atoms with E-state index in [4.69, 9.17) is 0 Å². The highest BCUT2D eigenvalue weighted by Crippen LogP contribution is 2.11. The van der Waals surface area contributed by atoms with E-state index in [0.29, 0.717) is 6.04 Å². The number of hydrogen-bond donors (Lipinski definition) is 1. The van der Waals surface area contributed by atoms with E-state index in [2.05, 4.69) is 32.8 Å². The van der Waals surface area contributed by atoms with Crippen LogP contribution >= 0.6 is 0 Å². The first-order chi connectivity index (χ1) is 6.22. The van der Waals surface area contributed by atoms with E-state index in [0.717, 1.165) is 5.92 Å². The molecule has 0 aromatic heterocycles. The van der Waals surface area contributed by atoms with Gasteiger partial charge in [0.05, 0.1) is 0 Å². The molecule has 0 heterocycles. The Morgan fingerprint density at radius 1 is 1.23 bits per heavy atom. The highest BCUT2D eigenvalue weighted by atomic mass is 14.9. The maximum atomic E-state index is 3.73. The zero-order valence-electron chi connectivity index (χ0n) is 9.47. The molecule has 0 aliphatic rings. The molecule has 1 N–H and O–H groups in total. The molecule has 1 heteroatoms. The average molecular weight is 183 g/mol. The van der Waals surface area contributed by atoms with E-state index >= 15 is 0 Å². The van der Waals surface area contributed by atoms with Gasteiger partial charge in [0.25, 0.3) is 0 Å². The van der Waals surface area contributed by atoms with Crippen molar-refractivity contribution < 1.29 is 0 Å². The van der Waals surface area contributed by atoms with Crippen LogP contribution in [-0.2, 0) is 0 Å². The molecule has 1 unspecified atom stereocenters. The van der Waals surface area contributed by atoms with E-state index in [1.807, 2.05) is 6.08 Å². The van der Waals surface area contributed by atoms with E-state index in [1.165, 1.54) is 32.1 Å². The van der Waals surface area contributed by atoms with Gasteiger partial charge in [0, 0.05) is 6.04 Å². The summed E-state index contributed by atoms with van der Waals surface area (Å²) in [4.78, 5) is 0. The molecule has 0 aromatic carbocycles. The van der Waals surface area contributed by atoms with Gasteiger partial charge in [-0.1, -0.05) is 32.8 Å². The zero-order chi connectivity index (χ0) is 10.1. The van der Waals surface area contributed by atoms with Gasteiger partial charge in [-0.15, -0.1) is 6.58 Å². The van der Waals surface area contributed by atoms with E-state index < -0.39 is 0 Å². The van der Waals surface area contributed by atoms with Crippen molar-refractivity contribution in [1.82, 2.24) is 5.32 Å².